The number of aromatic nitrogens is 2. The summed E-state index contributed by atoms with van der Waals surface area (Å²) in [6.45, 7) is 6.98. The Hall–Kier alpha value is -3.49. The summed E-state index contributed by atoms with van der Waals surface area (Å²) in [6.07, 6.45) is 1.57. The van der Waals surface area contributed by atoms with Crippen LogP contribution in [-0.2, 0) is 4.79 Å². The number of nitrogens with one attached hydrogen (secondary N) is 1. The van der Waals surface area contributed by atoms with Gasteiger partial charge in [0.1, 0.15) is 23.3 Å². The standard InChI is InChI=1S/C11H14N4O.C9H12N4/c1-8-4-3-5-11(12-8)15-7-6-10(14-15)13-9(2)16;1-7-3-2-4-9(11-7)13-6-5-8(10)12-13/h3-5H,6-7H2,1-2H3,(H,13,14,16);2-4H,5-6H2,1H3,(H2,10,12). The molecule has 152 valence electrons. The molecule has 0 saturated carbocycles. The first-order chi connectivity index (χ1) is 13.9. The lowest BCUT2D eigenvalue weighted by molar-refractivity contribution is -0.117. The van der Waals surface area contributed by atoms with Gasteiger partial charge in [0.15, 0.2) is 0 Å². The van der Waals surface area contributed by atoms with E-state index in [0.29, 0.717) is 11.7 Å². The highest BCUT2D eigenvalue weighted by molar-refractivity contribution is 5.98. The van der Waals surface area contributed by atoms with Crippen LogP contribution in [0.1, 0.15) is 31.2 Å². The van der Waals surface area contributed by atoms with E-state index in [9.17, 15) is 4.79 Å². The molecule has 2 aliphatic heterocycles. The van der Waals surface area contributed by atoms with Crippen molar-refractivity contribution in [3.63, 3.8) is 0 Å². The fourth-order valence-corrected chi connectivity index (χ4v) is 2.90. The molecule has 0 unspecified atom stereocenters. The van der Waals surface area contributed by atoms with Crippen LogP contribution in [0.4, 0.5) is 11.6 Å². The number of aryl methyl sites for hydroxylation is 2. The topological polar surface area (TPSA) is 112 Å². The average molecular weight is 394 g/mol. The van der Waals surface area contributed by atoms with Crippen LogP contribution in [0.15, 0.2) is 46.6 Å². The van der Waals surface area contributed by atoms with Crippen LogP contribution >= 0.6 is 0 Å². The first-order valence-corrected chi connectivity index (χ1v) is 9.51. The van der Waals surface area contributed by atoms with Crippen LogP contribution in [0.25, 0.3) is 0 Å². The molecule has 0 bridgehead atoms. The van der Waals surface area contributed by atoms with E-state index in [1.54, 1.807) is 5.01 Å². The number of nitrogens with two attached hydrogens (primary N) is 1. The number of pyridine rings is 2. The van der Waals surface area contributed by atoms with Gasteiger partial charge >= 0.3 is 0 Å². The van der Waals surface area contributed by atoms with E-state index < -0.39 is 0 Å². The molecule has 4 heterocycles. The summed E-state index contributed by atoms with van der Waals surface area (Å²) in [5.74, 6) is 3.00. The molecule has 9 heteroatoms. The fraction of sp³-hybridized carbons (Fsp3) is 0.350. The number of carbonyl (C=O) groups excluding carboxylic acids is 1. The number of hydrazone groups is 2. The number of rotatable bonds is 2. The van der Waals surface area contributed by atoms with Crippen LogP contribution in [0.5, 0.6) is 0 Å². The zero-order valence-electron chi connectivity index (χ0n) is 17.0. The van der Waals surface area contributed by atoms with Gasteiger partial charge in [-0.1, -0.05) is 12.1 Å². The molecule has 2 aromatic heterocycles. The Bertz CT molecular complexity index is 940. The zero-order valence-corrected chi connectivity index (χ0v) is 17.0. The van der Waals surface area contributed by atoms with Crippen LogP contribution in [-0.4, -0.2) is 40.6 Å². The van der Waals surface area contributed by atoms with E-state index in [-0.39, 0.29) is 5.91 Å². The maximum absolute atomic E-state index is 10.9. The molecule has 29 heavy (non-hydrogen) atoms. The summed E-state index contributed by atoms with van der Waals surface area (Å²) in [4.78, 5) is 19.6. The van der Waals surface area contributed by atoms with Gasteiger partial charge in [0, 0.05) is 31.2 Å². The molecular formula is C20H26N8O. The summed E-state index contributed by atoms with van der Waals surface area (Å²) in [6, 6.07) is 11.7. The highest BCUT2D eigenvalue weighted by atomic mass is 16.1. The van der Waals surface area contributed by atoms with Crippen LogP contribution in [0.2, 0.25) is 0 Å². The Morgan fingerprint density at radius 3 is 1.97 bits per heavy atom. The molecule has 3 N–H and O–H groups in total. The summed E-state index contributed by atoms with van der Waals surface area (Å²) in [7, 11) is 0. The van der Waals surface area contributed by atoms with E-state index in [0.717, 1.165) is 49.0 Å². The van der Waals surface area contributed by atoms with Crippen LogP contribution in [0.3, 0.4) is 0 Å². The largest absolute Gasteiger partial charge is 0.386 e. The molecule has 2 aliphatic rings. The van der Waals surface area contributed by atoms with Gasteiger partial charge in [0.25, 0.3) is 0 Å². The minimum Gasteiger partial charge on any atom is -0.386 e. The van der Waals surface area contributed by atoms with E-state index in [4.69, 9.17) is 5.73 Å². The normalized spacial score (nSPS) is 15.4. The van der Waals surface area contributed by atoms with Gasteiger partial charge in [0.05, 0.1) is 13.1 Å². The number of hydrogen-bond acceptors (Lipinski definition) is 8. The second-order valence-corrected chi connectivity index (χ2v) is 6.84. The third kappa shape index (κ3) is 5.74. The van der Waals surface area contributed by atoms with Gasteiger partial charge in [-0.05, 0) is 38.1 Å². The van der Waals surface area contributed by atoms with Gasteiger partial charge in [0.2, 0.25) is 5.91 Å². The van der Waals surface area contributed by atoms with Crippen molar-refractivity contribution in [2.75, 3.05) is 23.1 Å². The smallest absolute Gasteiger partial charge is 0.222 e. The number of amidine groups is 2. The van der Waals surface area contributed by atoms with E-state index in [1.165, 1.54) is 6.92 Å². The molecule has 0 aliphatic carbocycles. The number of nitrogens with zero attached hydrogens (tertiary/aromatic N) is 6. The Morgan fingerprint density at radius 2 is 1.48 bits per heavy atom. The van der Waals surface area contributed by atoms with E-state index >= 15 is 0 Å². The highest BCUT2D eigenvalue weighted by Crippen LogP contribution is 2.16. The monoisotopic (exact) mass is 394 g/mol. The molecule has 0 spiro atoms. The zero-order chi connectivity index (χ0) is 20.8. The first kappa shape index (κ1) is 20.2. The Morgan fingerprint density at radius 1 is 0.931 bits per heavy atom. The molecule has 1 amide bonds. The minimum absolute atomic E-state index is 0.0854. The summed E-state index contributed by atoms with van der Waals surface area (Å²) in [5, 5.41) is 14.8. The molecular weight excluding hydrogens is 368 g/mol. The molecule has 0 radical (unpaired) electrons. The molecule has 0 saturated heterocycles. The number of amides is 1. The lowest BCUT2D eigenvalue weighted by Crippen LogP contribution is -2.26. The third-order valence-electron chi connectivity index (χ3n) is 4.23. The lowest BCUT2D eigenvalue weighted by Gasteiger charge is -2.11. The summed E-state index contributed by atoms with van der Waals surface area (Å²) < 4.78 is 0. The quantitative estimate of drug-likeness (QED) is 0.805. The van der Waals surface area contributed by atoms with Gasteiger partial charge in [-0.15, -0.1) is 0 Å². The summed E-state index contributed by atoms with van der Waals surface area (Å²) >= 11 is 0. The van der Waals surface area contributed by atoms with Gasteiger partial charge in [-0.2, -0.15) is 10.2 Å². The molecule has 4 rings (SSSR count). The third-order valence-corrected chi connectivity index (χ3v) is 4.23. The van der Waals surface area contributed by atoms with Crippen molar-refractivity contribution in [3.8, 4) is 0 Å². The number of anilines is 2. The molecule has 0 fully saturated rings. The maximum atomic E-state index is 10.9. The molecule has 2 aromatic rings. The molecule has 0 aromatic carbocycles. The average Bonchev–Trinajstić information content (AvgIpc) is 3.31. The van der Waals surface area contributed by atoms with Crippen molar-refractivity contribution >= 4 is 29.2 Å². The van der Waals surface area contributed by atoms with Crippen molar-refractivity contribution in [2.45, 2.75) is 33.6 Å². The number of carbonyl (C=O) groups is 1. The second kappa shape index (κ2) is 9.13. The Kier molecular flexibility index (Phi) is 6.38. The predicted molar refractivity (Wildman–Crippen MR) is 115 cm³/mol. The highest BCUT2D eigenvalue weighted by Gasteiger charge is 2.17. The van der Waals surface area contributed by atoms with Crippen molar-refractivity contribution in [1.82, 2.24) is 15.3 Å². The van der Waals surface area contributed by atoms with Crippen molar-refractivity contribution < 1.29 is 4.79 Å². The van der Waals surface area contributed by atoms with E-state index in [2.05, 4.69) is 25.5 Å². The van der Waals surface area contributed by atoms with Gasteiger partial charge < -0.3 is 11.1 Å². The van der Waals surface area contributed by atoms with Crippen LogP contribution < -0.4 is 21.1 Å². The maximum Gasteiger partial charge on any atom is 0.222 e. The second-order valence-electron chi connectivity index (χ2n) is 6.84. The summed E-state index contributed by atoms with van der Waals surface area (Å²) in [5.41, 5.74) is 7.54. The molecule has 9 nitrogen and oxygen atoms in total. The minimum atomic E-state index is -0.0854. The van der Waals surface area contributed by atoms with Gasteiger partial charge in [-0.25, -0.2) is 20.0 Å². The number of hydrogen-bond donors (Lipinski definition) is 2. The first-order valence-electron chi connectivity index (χ1n) is 9.51. The van der Waals surface area contributed by atoms with Crippen LogP contribution in [0, 0.1) is 13.8 Å². The van der Waals surface area contributed by atoms with Gasteiger partial charge in [-0.3, -0.25) is 4.79 Å². The van der Waals surface area contributed by atoms with E-state index in [1.807, 2.05) is 55.3 Å². The van der Waals surface area contributed by atoms with Crippen molar-refractivity contribution in [2.24, 2.45) is 15.9 Å². The fourth-order valence-electron chi connectivity index (χ4n) is 2.90. The van der Waals surface area contributed by atoms with Crippen molar-refractivity contribution in [1.29, 1.82) is 0 Å². The Balaban J connectivity index is 0.000000169. The predicted octanol–water partition coefficient (Wildman–Crippen LogP) is 1.92. The molecule has 0 atom stereocenters. The Labute approximate surface area is 170 Å². The SMILES string of the molecule is CC(=O)NC1=NN(c2cccc(C)n2)CC1.Cc1cccc(N2CCC(N)=N2)n1. The van der Waals surface area contributed by atoms with Crippen molar-refractivity contribution in [3.05, 3.63) is 47.8 Å². The lowest BCUT2D eigenvalue weighted by atomic mass is 10.3.